The number of hydrogen-bond acceptors (Lipinski definition) is 2. The molecular weight excluding hydrogens is 300 g/mol. The molecule has 1 atom stereocenters. The van der Waals surface area contributed by atoms with Gasteiger partial charge in [-0.25, -0.2) is 0 Å². The number of phenolic OH excluding ortho intramolecular Hbond substituents is 1. The van der Waals surface area contributed by atoms with E-state index in [-0.39, 0.29) is 11.9 Å². The molecule has 0 fully saturated rings. The maximum absolute atomic E-state index is 10.7. The first kappa shape index (κ1) is 19.3. The van der Waals surface area contributed by atoms with E-state index in [1.54, 1.807) is 12.1 Å². The average molecular weight is 326 g/mol. The summed E-state index contributed by atoms with van der Waals surface area (Å²) in [7, 11) is 0. The van der Waals surface area contributed by atoms with E-state index < -0.39 is 0 Å². The molecule has 3 rings (SSSR count). The number of phenols is 1. The highest BCUT2D eigenvalue weighted by molar-refractivity contribution is 5.80. The lowest BCUT2D eigenvalue weighted by Gasteiger charge is -2.11. The maximum atomic E-state index is 10.7. The first-order chi connectivity index (χ1) is 11.6. The third kappa shape index (κ3) is 6.16. The summed E-state index contributed by atoms with van der Waals surface area (Å²) in [6.45, 7) is 7.50. The minimum absolute atomic E-state index is 0.00588. The highest BCUT2D eigenvalue weighted by Crippen LogP contribution is 2.17. The van der Waals surface area contributed by atoms with Gasteiger partial charge in [0.25, 0.3) is 0 Å². The Hall–Kier alpha value is -2.75. The van der Waals surface area contributed by atoms with E-state index in [0.717, 1.165) is 16.5 Å². The van der Waals surface area contributed by atoms with Gasteiger partial charge in [0, 0.05) is 24.0 Å². The predicted molar refractivity (Wildman–Crippen MR) is 100.0 cm³/mol. The molecular formula is C20H26N2O2. The van der Waals surface area contributed by atoms with Crippen molar-refractivity contribution in [1.29, 1.82) is 0 Å². The number of carbonyl (C=O) groups is 1. The summed E-state index contributed by atoms with van der Waals surface area (Å²) in [5.74, 6) is 0.318. The molecule has 0 spiro atoms. The van der Waals surface area contributed by atoms with E-state index in [1.807, 2.05) is 69.4 Å². The van der Waals surface area contributed by atoms with Gasteiger partial charge in [0.05, 0.1) is 6.04 Å². The van der Waals surface area contributed by atoms with Gasteiger partial charge in [-0.15, -0.1) is 0 Å². The molecule has 1 aromatic heterocycles. The fourth-order valence-corrected chi connectivity index (χ4v) is 2.17. The van der Waals surface area contributed by atoms with Gasteiger partial charge in [0.15, 0.2) is 0 Å². The Balaban J connectivity index is 0.000000220. The van der Waals surface area contributed by atoms with E-state index in [4.69, 9.17) is 5.11 Å². The number of aromatic nitrogens is 1. The third-order valence-corrected chi connectivity index (χ3v) is 3.26. The van der Waals surface area contributed by atoms with Gasteiger partial charge in [0.2, 0.25) is 5.91 Å². The molecule has 1 heterocycles. The Morgan fingerprint density at radius 2 is 1.75 bits per heavy atom. The summed E-state index contributed by atoms with van der Waals surface area (Å²) in [5.41, 5.74) is 2.19. The number of aromatic hydroxyl groups is 1. The molecule has 0 radical (unpaired) electrons. The van der Waals surface area contributed by atoms with Crippen LogP contribution in [-0.4, -0.2) is 16.0 Å². The average Bonchev–Trinajstić information content (AvgIpc) is 3.05. The molecule has 0 unspecified atom stereocenters. The molecule has 0 bridgehead atoms. The second-order valence-corrected chi connectivity index (χ2v) is 5.08. The highest BCUT2D eigenvalue weighted by Gasteiger charge is 2.03. The van der Waals surface area contributed by atoms with Crippen LogP contribution in [0.1, 0.15) is 39.3 Å². The predicted octanol–water partition coefficient (Wildman–Crippen LogP) is 4.78. The van der Waals surface area contributed by atoms with Crippen LogP contribution in [0, 0.1) is 0 Å². The molecule has 1 amide bonds. The largest absolute Gasteiger partial charge is 0.508 e. The first-order valence-corrected chi connectivity index (χ1v) is 8.14. The molecule has 2 aromatic carbocycles. The van der Waals surface area contributed by atoms with Crippen LogP contribution < -0.4 is 5.32 Å². The summed E-state index contributed by atoms with van der Waals surface area (Å²) in [6.07, 6.45) is 1.85. The Morgan fingerprint density at radius 3 is 2.38 bits per heavy atom. The highest BCUT2D eigenvalue weighted by atomic mass is 16.3. The number of aromatic amines is 1. The Kier molecular flexibility index (Phi) is 8.13. The summed E-state index contributed by atoms with van der Waals surface area (Å²) in [5, 5.41) is 12.9. The first-order valence-electron chi connectivity index (χ1n) is 8.14. The van der Waals surface area contributed by atoms with Crippen LogP contribution in [0.25, 0.3) is 10.9 Å². The number of fused-ring (bicyclic) bond motifs is 1. The van der Waals surface area contributed by atoms with Crippen molar-refractivity contribution in [2.45, 2.75) is 33.7 Å². The molecule has 24 heavy (non-hydrogen) atoms. The van der Waals surface area contributed by atoms with Crippen molar-refractivity contribution in [2.75, 3.05) is 0 Å². The molecule has 0 aliphatic rings. The number of carbonyl (C=O) groups excluding carboxylic acids is 1. The topological polar surface area (TPSA) is 65.1 Å². The monoisotopic (exact) mass is 326 g/mol. The van der Waals surface area contributed by atoms with Gasteiger partial charge >= 0.3 is 0 Å². The molecule has 0 aliphatic carbocycles. The zero-order valence-electron chi connectivity index (χ0n) is 14.7. The fraction of sp³-hybridized carbons (Fsp3) is 0.250. The number of benzene rings is 2. The molecule has 4 nitrogen and oxygen atoms in total. The van der Waals surface area contributed by atoms with E-state index in [1.165, 1.54) is 6.92 Å². The summed E-state index contributed by atoms with van der Waals surface area (Å²) in [6, 6.07) is 17.2. The van der Waals surface area contributed by atoms with Crippen LogP contribution >= 0.6 is 0 Å². The summed E-state index contributed by atoms with van der Waals surface area (Å²) >= 11 is 0. The number of nitrogens with one attached hydrogen (secondary N) is 2. The number of H-pyrrole nitrogens is 1. The Labute approximate surface area is 143 Å². The van der Waals surface area contributed by atoms with Crippen LogP contribution in [0.4, 0.5) is 0 Å². The van der Waals surface area contributed by atoms with Gasteiger partial charge in [-0.2, -0.15) is 0 Å². The normalized spacial score (nSPS) is 10.7. The van der Waals surface area contributed by atoms with E-state index in [2.05, 4.69) is 10.3 Å². The molecule has 3 aromatic rings. The van der Waals surface area contributed by atoms with Crippen molar-refractivity contribution in [3.05, 3.63) is 66.4 Å². The van der Waals surface area contributed by atoms with E-state index in [9.17, 15) is 4.79 Å². The van der Waals surface area contributed by atoms with Crippen molar-refractivity contribution < 1.29 is 9.90 Å². The van der Waals surface area contributed by atoms with Gasteiger partial charge in [-0.3, -0.25) is 4.79 Å². The van der Waals surface area contributed by atoms with Gasteiger partial charge in [0.1, 0.15) is 5.75 Å². The van der Waals surface area contributed by atoms with Crippen molar-refractivity contribution >= 4 is 16.8 Å². The second-order valence-electron chi connectivity index (χ2n) is 5.08. The molecule has 0 saturated carbocycles. The van der Waals surface area contributed by atoms with Crippen LogP contribution in [0.3, 0.4) is 0 Å². The van der Waals surface area contributed by atoms with Gasteiger partial charge < -0.3 is 15.4 Å². The van der Waals surface area contributed by atoms with Crippen LogP contribution in [0.15, 0.2) is 60.8 Å². The number of rotatable bonds is 2. The standard InChI is InChI=1S/C10H13NO.C8H7NO.C2H6/c1-8(11-9(2)12)10-6-4-3-5-7-10;10-7-1-2-8-6(5-7)3-4-9-8;1-2/h3-8H,1-2H3,(H,11,12);1-5,9-10H;1-2H3/t8-;;/m1../s1. The summed E-state index contributed by atoms with van der Waals surface area (Å²) < 4.78 is 0. The molecule has 4 heteroatoms. The minimum atomic E-state index is 0.00588. The quantitative estimate of drug-likeness (QED) is 0.634. The second kappa shape index (κ2) is 10.1. The molecule has 0 aliphatic heterocycles. The van der Waals surface area contributed by atoms with E-state index >= 15 is 0 Å². The van der Waals surface area contributed by atoms with Crippen molar-refractivity contribution in [3.63, 3.8) is 0 Å². The Morgan fingerprint density at radius 1 is 1.08 bits per heavy atom. The third-order valence-electron chi connectivity index (χ3n) is 3.26. The Bertz CT molecular complexity index is 735. The lowest BCUT2D eigenvalue weighted by Crippen LogP contribution is -2.23. The van der Waals surface area contributed by atoms with E-state index in [0.29, 0.717) is 5.75 Å². The summed E-state index contributed by atoms with van der Waals surface area (Å²) in [4.78, 5) is 13.8. The van der Waals surface area contributed by atoms with Crippen LogP contribution in [-0.2, 0) is 4.79 Å². The lowest BCUT2D eigenvalue weighted by atomic mass is 10.1. The van der Waals surface area contributed by atoms with Gasteiger partial charge in [-0.05, 0) is 36.8 Å². The van der Waals surface area contributed by atoms with Crippen molar-refractivity contribution in [1.82, 2.24) is 10.3 Å². The van der Waals surface area contributed by atoms with Crippen molar-refractivity contribution in [2.24, 2.45) is 0 Å². The SMILES string of the molecule is CC.CC(=O)N[C@H](C)c1ccccc1.Oc1ccc2[nH]ccc2c1. The lowest BCUT2D eigenvalue weighted by molar-refractivity contribution is -0.119. The zero-order chi connectivity index (χ0) is 17.9. The molecule has 3 N–H and O–H groups in total. The smallest absolute Gasteiger partial charge is 0.217 e. The number of hydrogen-bond donors (Lipinski definition) is 3. The fourth-order valence-electron chi connectivity index (χ4n) is 2.17. The zero-order valence-corrected chi connectivity index (χ0v) is 14.7. The molecule has 128 valence electrons. The van der Waals surface area contributed by atoms with Gasteiger partial charge in [-0.1, -0.05) is 44.2 Å². The van der Waals surface area contributed by atoms with Crippen LogP contribution in [0.5, 0.6) is 5.75 Å². The van der Waals surface area contributed by atoms with Crippen LogP contribution in [0.2, 0.25) is 0 Å². The number of amides is 1. The minimum Gasteiger partial charge on any atom is -0.508 e. The maximum Gasteiger partial charge on any atom is 0.217 e. The van der Waals surface area contributed by atoms with Crippen molar-refractivity contribution in [3.8, 4) is 5.75 Å². The molecule has 0 saturated heterocycles.